The summed E-state index contributed by atoms with van der Waals surface area (Å²) in [5.74, 6) is -1.25. The first kappa shape index (κ1) is 27.3. The van der Waals surface area contributed by atoms with Gasteiger partial charge in [-0.2, -0.15) is 0 Å². The van der Waals surface area contributed by atoms with Crippen LogP contribution in [0.25, 0.3) is 0 Å². The van der Waals surface area contributed by atoms with E-state index < -0.39 is 61.9 Å². The lowest BCUT2D eigenvalue weighted by Gasteiger charge is -2.21. The Hall–Kier alpha value is -3.78. The summed E-state index contributed by atoms with van der Waals surface area (Å²) in [6.45, 7) is -0.448. The number of hydrogen-bond acceptors (Lipinski definition) is 9. The third-order valence-electron chi connectivity index (χ3n) is 5.56. The van der Waals surface area contributed by atoms with Gasteiger partial charge in [0.05, 0.1) is 0 Å². The highest BCUT2D eigenvalue weighted by Crippen LogP contribution is 2.53. The molecule has 14 nitrogen and oxygen atoms in total. The topological polar surface area (TPSA) is 210 Å². The standard InChI is InChI=1S/C23H24N3O11P/c27-17-9-10-26(22(30)25-17)20-19(29)18(28)16(36-20)12-24-23(31)37-21(38(32,33)34)13-5-4-8-15(11-13)35-14-6-2-1-3-7-14/h1-11,16,18-21,28-29H,12H2,(H,24,31)(H,25,27,30)(H2,32,33,34)/t16-,18-,19-,20-,21?/m1/s1. The van der Waals surface area contributed by atoms with Crippen molar-refractivity contribution in [2.24, 2.45) is 0 Å². The highest BCUT2D eigenvalue weighted by atomic mass is 31.2. The molecule has 0 aliphatic carbocycles. The van der Waals surface area contributed by atoms with E-state index >= 15 is 0 Å². The molecule has 0 bridgehead atoms. The molecule has 1 aliphatic rings. The molecule has 5 atom stereocenters. The lowest BCUT2D eigenvalue weighted by molar-refractivity contribution is -0.0391. The normalized spacial score (nSPS) is 22.0. The van der Waals surface area contributed by atoms with Gasteiger partial charge in [-0.1, -0.05) is 30.3 Å². The van der Waals surface area contributed by atoms with Crippen molar-refractivity contribution in [3.63, 3.8) is 0 Å². The SMILES string of the molecule is O=C(NC[C@H]1O[C@@H](n2ccc(=O)[nH]c2=O)[C@H](O)[C@@H]1O)OC(c1cccc(Oc2ccccc2)c1)P(=O)(O)O. The second-order valence-corrected chi connectivity index (χ2v) is 9.93. The lowest BCUT2D eigenvalue weighted by Crippen LogP contribution is -2.40. The van der Waals surface area contributed by atoms with E-state index in [1.54, 1.807) is 36.4 Å². The molecule has 38 heavy (non-hydrogen) atoms. The van der Waals surface area contributed by atoms with Crippen molar-refractivity contribution in [1.29, 1.82) is 0 Å². The first-order chi connectivity index (χ1) is 18.0. The number of aliphatic hydroxyl groups is 2. The molecule has 0 radical (unpaired) electrons. The van der Waals surface area contributed by atoms with Gasteiger partial charge in [0, 0.05) is 24.4 Å². The fourth-order valence-electron chi connectivity index (χ4n) is 3.77. The van der Waals surface area contributed by atoms with Crippen molar-refractivity contribution >= 4 is 13.7 Å². The molecule has 1 saturated heterocycles. The predicted molar refractivity (Wildman–Crippen MR) is 129 cm³/mol. The summed E-state index contributed by atoms with van der Waals surface area (Å²) in [6, 6.07) is 15.4. The van der Waals surface area contributed by atoms with Crippen LogP contribution < -0.4 is 21.3 Å². The zero-order valence-corrected chi connectivity index (χ0v) is 20.4. The average molecular weight is 549 g/mol. The van der Waals surface area contributed by atoms with Crippen LogP contribution in [-0.2, 0) is 14.0 Å². The van der Waals surface area contributed by atoms with Crippen LogP contribution in [0.4, 0.5) is 4.79 Å². The number of alkyl carbamates (subject to hydrolysis) is 1. The Morgan fingerprint density at radius 1 is 1.05 bits per heavy atom. The molecule has 1 fully saturated rings. The lowest BCUT2D eigenvalue weighted by atomic mass is 10.1. The van der Waals surface area contributed by atoms with E-state index in [4.69, 9.17) is 14.2 Å². The van der Waals surface area contributed by atoms with Crippen molar-refractivity contribution < 1.29 is 43.6 Å². The third kappa shape index (κ3) is 6.37. The molecule has 1 aliphatic heterocycles. The maximum atomic E-state index is 12.4. The van der Waals surface area contributed by atoms with Crippen LogP contribution in [0.3, 0.4) is 0 Å². The van der Waals surface area contributed by atoms with Crippen LogP contribution in [0, 0.1) is 0 Å². The summed E-state index contributed by atoms with van der Waals surface area (Å²) in [7, 11) is -5.01. The summed E-state index contributed by atoms with van der Waals surface area (Å²) in [4.78, 5) is 57.3. The maximum Gasteiger partial charge on any atom is 0.408 e. The number of carbonyl (C=O) groups excluding carboxylic acids is 1. The summed E-state index contributed by atoms with van der Waals surface area (Å²) in [5, 5.41) is 22.8. The molecule has 2 aromatic carbocycles. The Labute approximate surface area is 214 Å². The van der Waals surface area contributed by atoms with Crippen molar-refractivity contribution in [3.05, 3.63) is 93.3 Å². The predicted octanol–water partition coefficient (Wildman–Crippen LogP) is 0.551. The number of aromatic nitrogens is 2. The van der Waals surface area contributed by atoms with Crippen LogP contribution in [-0.4, -0.2) is 60.5 Å². The number of H-pyrrole nitrogens is 1. The zero-order chi connectivity index (χ0) is 27.4. The van der Waals surface area contributed by atoms with Gasteiger partial charge in [-0.05, 0) is 24.3 Å². The van der Waals surface area contributed by atoms with Gasteiger partial charge in [-0.3, -0.25) is 18.9 Å². The highest BCUT2D eigenvalue weighted by molar-refractivity contribution is 7.52. The second-order valence-electron chi connectivity index (χ2n) is 8.28. The van der Waals surface area contributed by atoms with Gasteiger partial charge in [0.1, 0.15) is 29.8 Å². The van der Waals surface area contributed by atoms with Crippen LogP contribution in [0.5, 0.6) is 11.5 Å². The number of hydrogen-bond donors (Lipinski definition) is 6. The number of aliphatic hydroxyl groups excluding tert-OH is 2. The third-order valence-corrected chi connectivity index (χ3v) is 6.57. The summed E-state index contributed by atoms with van der Waals surface area (Å²) < 4.78 is 29.2. The Bertz CT molecular complexity index is 1440. The average Bonchev–Trinajstić information content (AvgIpc) is 3.14. The molecule has 0 saturated carbocycles. The number of carbonyl (C=O) groups is 1. The van der Waals surface area contributed by atoms with Crippen molar-refractivity contribution in [1.82, 2.24) is 14.9 Å². The van der Waals surface area contributed by atoms with E-state index in [1.165, 1.54) is 18.2 Å². The summed E-state index contributed by atoms with van der Waals surface area (Å²) in [6.07, 6.45) is -5.90. The zero-order valence-electron chi connectivity index (χ0n) is 19.5. The molecule has 6 N–H and O–H groups in total. The van der Waals surface area contributed by atoms with Gasteiger partial charge in [0.2, 0.25) is 5.85 Å². The summed E-state index contributed by atoms with van der Waals surface area (Å²) in [5.41, 5.74) is -1.59. The number of para-hydroxylation sites is 1. The Morgan fingerprint density at radius 3 is 2.45 bits per heavy atom. The van der Waals surface area contributed by atoms with Gasteiger partial charge in [0.25, 0.3) is 5.56 Å². The number of rotatable bonds is 8. The van der Waals surface area contributed by atoms with Gasteiger partial charge >= 0.3 is 19.4 Å². The monoisotopic (exact) mass is 549 g/mol. The molecular formula is C23H24N3O11P. The molecule has 1 amide bonds. The number of benzene rings is 2. The molecule has 3 aromatic rings. The Kier molecular flexibility index (Phi) is 8.11. The first-order valence-electron chi connectivity index (χ1n) is 11.2. The Morgan fingerprint density at radius 2 is 1.76 bits per heavy atom. The smallest absolute Gasteiger partial charge is 0.408 e. The van der Waals surface area contributed by atoms with Gasteiger partial charge in [-0.25, -0.2) is 9.59 Å². The number of nitrogens with one attached hydrogen (secondary N) is 2. The molecule has 202 valence electrons. The number of nitrogens with zero attached hydrogens (tertiary/aromatic N) is 1. The Balaban J connectivity index is 1.42. The fraction of sp³-hybridized carbons (Fsp3) is 0.261. The van der Waals surface area contributed by atoms with Crippen LogP contribution in [0.1, 0.15) is 17.6 Å². The van der Waals surface area contributed by atoms with Crippen molar-refractivity contribution in [2.75, 3.05) is 6.54 Å². The molecule has 15 heteroatoms. The van der Waals surface area contributed by atoms with E-state index in [2.05, 4.69) is 5.32 Å². The minimum absolute atomic E-state index is 0.0352. The molecule has 1 unspecified atom stereocenters. The number of aromatic amines is 1. The highest BCUT2D eigenvalue weighted by Gasteiger charge is 2.44. The first-order valence-corrected chi connectivity index (χ1v) is 12.9. The summed E-state index contributed by atoms with van der Waals surface area (Å²) >= 11 is 0. The van der Waals surface area contributed by atoms with E-state index in [-0.39, 0.29) is 11.3 Å². The van der Waals surface area contributed by atoms with Crippen LogP contribution >= 0.6 is 7.60 Å². The minimum atomic E-state index is -5.01. The van der Waals surface area contributed by atoms with E-state index in [0.717, 1.165) is 16.8 Å². The molecule has 0 spiro atoms. The van der Waals surface area contributed by atoms with Crippen molar-refractivity contribution in [2.45, 2.75) is 30.4 Å². The van der Waals surface area contributed by atoms with E-state index in [9.17, 15) is 38.9 Å². The molecular weight excluding hydrogens is 525 g/mol. The maximum absolute atomic E-state index is 12.4. The second kappa shape index (κ2) is 11.3. The minimum Gasteiger partial charge on any atom is -0.457 e. The fourth-order valence-corrected chi connectivity index (χ4v) is 4.55. The van der Waals surface area contributed by atoms with Gasteiger partial charge in [0.15, 0.2) is 6.23 Å². The number of amides is 1. The van der Waals surface area contributed by atoms with Crippen LogP contribution in [0.2, 0.25) is 0 Å². The van der Waals surface area contributed by atoms with Gasteiger partial charge in [-0.15, -0.1) is 0 Å². The largest absolute Gasteiger partial charge is 0.457 e. The number of ether oxygens (including phenoxy) is 3. The quantitative estimate of drug-likeness (QED) is 0.214. The van der Waals surface area contributed by atoms with Crippen LogP contribution in [0.15, 0.2) is 76.4 Å². The molecule has 1 aromatic heterocycles. The van der Waals surface area contributed by atoms with E-state index in [1.807, 2.05) is 4.98 Å². The van der Waals surface area contributed by atoms with E-state index in [0.29, 0.717) is 5.75 Å². The molecule has 4 rings (SSSR count). The van der Waals surface area contributed by atoms with Gasteiger partial charge < -0.3 is 39.5 Å². The van der Waals surface area contributed by atoms with Crippen molar-refractivity contribution in [3.8, 4) is 11.5 Å². The molecule has 2 heterocycles.